The van der Waals surface area contributed by atoms with Gasteiger partial charge in [0.15, 0.2) is 0 Å². The first kappa shape index (κ1) is 65.6. The Balaban J connectivity index is 0.000000534. The first-order chi connectivity index (χ1) is 35.0. The second kappa shape index (κ2) is 28.5. The third-order valence-electron chi connectivity index (χ3n) is 9.79. The Morgan fingerprint density at radius 1 is 0.566 bits per heavy atom. The zero-order valence-electron chi connectivity index (χ0n) is 45.3. The van der Waals surface area contributed by atoms with E-state index in [4.69, 9.17) is 42.0 Å². The largest absolute Gasteiger partial charge is 1.00 e. The van der Waals surface area contributed by atoms with E-state index in [1.807, 2.05) is 20.8 Å². The third kappa shape index (κ3) is 17.0. The zero-order chi connectivity index (χ0) is 56.9. The van der Waals surface area contributed by atoms with Crippen LogP contribution in [0.15, 0.2) is 74.6 Å². The van der Waals surface area contributed by atoms with Crippen molar-refractivity contribution in [3.8, 4) is 0 Å². The van der Waals surface area contributed by atoms with Gasteiger partial charge in [-0.2, -0.15) is 0 Å². The molecule has 0 aliphatic carbocycles. The number of hydrogen-bond donors (Lipinski definition) is 2. The third-order valence-corrected chi connectivity index (χ3v) is 10.2. The van der Waals surface area contributed by atoms with Crippen LogP contribution in [0.1, 0.15) is 80.4 Å². The number of carbonyl (C=O) groups excluding carboxylic acids is 2. The Hall–Kier alpha value is -6.56. The van der Waals surface area contributed by atoms with Crippen LogP contribution in [0.25, 0.3) is 33.3 Å². The summed E-state index contributed by atoms with van der Waals surface area (Å²) in [6.45, 7) is 13.9. The molecule has 6 aromatic heterocycles. The van der Waals surface area contributed by atoms with E-state index >= 15 is 0 Å². The summed E-state index contributed by atoms with van der Waals surface area (Å²) >= 11 is 2.99. The number of carbonyl (C=O) groups is 3. The molecule has 6 rings (SSSR count). The van der Waals surface area contributed by atoms with Crippen LogP contribution >= 0.6 is 15.9 Å². The Bertz CT molecular complexity index is 3650. The van der Waals surface area contributed by atoms with Gasteiger partial charge in [-0.15, -0.1) is 0 Å². The molecule has 29 heteroatoms. The van der Waals surface area contributed by atoms with E-state index in [2.05, 4.69) is 20.9 Å². The number of rotatable bonds is 14. The molecule has 0 aromatic carbocycles. The van der Waals surface area contributed by atoms with Gasteiger partial charge in [-0.1, -0.05) is 36.7 Å². The normalized spacial score (nSPS) is 11.1. The molecule has 6 aromatic rings. The van der Waals surface area contributed by atoms with Crippen molar-refractivity contribution in [2.45, 2.75) is 126 Å². The van der Waals surface area contributed by atoms with Crippen LogP contribution in [0, 0.1) is 0 Å². The number of carboxylic acids is 1. The molecule has 0 amide bonds. The second-order valence-corrected chi connectivity index (χ2v) is 18.3. The SMILES string of the molecule is CC(C)(C)OC(=O)CBr.CCc1cc(=O)oc2c1c(=O)[nH]c(=O)n2COC.CCc1cc(=O)oc2c1c(=O)n(CC(=O)O)c(=O)n2COC.CCc1cc(=O)oc2c1c(=O)n(CC(=O)OC(C)(C)C)c(=O)n2COC.[H-].[Na+]. The number of halogens is 1. The predicted octanol–water partition coefficient (Wildman–Crippen LogP) is -1.36. The minimum absolute atomic E-state index is 0. The molecule has 2 N–H and O–H groups in total. The fourth-order valence-corrected chi connectivity index (χ4v) is 7.05. The molecule has 0 fully saturated rings. The zero-order valence-corrected chi connectivity index (χ0v) is 47.9. The van der Waals surface area contributed by atoms with Crippen molar-refractivity contribution in [2.75, 3.05) is 26.7 Å². The smallest absolute Gasteiger partial charge is 1.00 e. The summed E-state index contributed by atoms with van der Waals surface area (Å²) in [4.78, 5) is 144. The monoisotopic (exact) mass is 1150 g/mol. The summed E-state index contributed by atoms with van der Waals surface area (Å²) in [5.41, 5.74) is -6.74. The van der Waals surface area contributed by atoms with Crippen LogP contribution in [0.5, 0.6) is 0 Å². The number of esters is 2. The van der Waals surface area contributed by atoms with Crippen molar-refractivity contribution in [1.29, 1.82) is 0 Å². The number of H-pyrrole nitrogens is 1. The molecule has 0 atom stereocenters. The van der Waals surface area contributed by atoms with Gasteiger partial charge in [0, 0.05) is 39.5 Å². The number of nitrogens with zero attached hydrogens (tertiary/aromatic N) is 5. The first-order valence-corrected chi connectivity index (χ1v) is 23.7. The van der Waals surface area contributed by atoms with Crippen LogP contribution in [-0.4, -0.2) is 88.7 Å². The molecule has 0 aliphatic rings. The maximum absolute atomic E-state index is 12.8. The summed E-state index contributed by atoms with van der Waals surface area (Å²) in [7, 11) is 4.06. The minimum Gasteiger partial charge on any atom is -1.00 e. The Labute approximate surface area is 461 Å². The molecule has 6 heterocycles. The van der Waals surface area contributed by atoms with Gasteiger partial charge in [0.25, 0.3) is 16.7 Å². The molecule has 0 bridgehead atoms. The van der Waals surface area contributed by atoms with E-state index < -0.39 is 81.3 Å². The number of carboxylic acid groups (broad SMARTS) is 1. The van der Waals surface area contributed by atoms with Gasteiger partial charge in [0.1, 0.15) is 66.0 Å². The number of nitrogens with one attached hydrogen (secondary N) is 1. The number of fused-ring (bicyclic) bond motifs is 3. The quantitative estimate of drug-likeness (QED) is 0.0722. The van der Waals surface area contributed by atoms with Gasteiger partial charge < -0.3 is 43.5 Å². The van der Waals surface area contributed by atoms with Crippen molar-refractivity contribution < 1.29 is 87.4 Å². The van der Waals surface area contributed by atoms with Gasteiger partial charge >= 0.3 is 81.4 Å². The van der Waals surface area contributed by atoms with E-state index in [1.165, 1.54) is 33.5 Å². The molecule has 0 saturated heterocycles. The van der Waals surface area contributed by atoms with Crippen molar-refractivity contribution in [3.05, 3.63) is 129 Å². The summed E-state index contributed by atoms with van der Waals surface area (Å²) in [6.07, 6.45) is 1.20. The number of aryl methyl sites for hydroxylation is 3. The molecular formula is C47H60BrN6NaO21. The maximum atomic E-state index is 12.8. The van der Waals surface area contributed by atoms with Crippen LogP contribution in [0.4, 0.5) is 0 Å². The molecule has 0 spiro atoms. The summed E-state index contributed by atoms with van der Waals surface area (Å²) < 4.78 is 44.1. The fourth-order valence-electron chi connectivity index (χ4n) is 6.94. The average molecular weight is 1150 g/mol. The van der Waals surface area contributed by atoms with Crippen LogP contribution in [-0.2, 0) is 90.6 Å². The van der Waals surface area contributed by atoms with Crippen LogP contribution in [0.3, 0.4) is 0 Å². The predicted molar refractivity (Wildman–Crippen MR) is 273 cm³/mol. The van der Waals surface area contributed by atoms with E-state index in [9.17, 15) is 57.5 Å². The standard InChI is InChI=1S/C17H22N2O7.C13H14N2O7.C11H12N2O5.C6H11BrO2.Na.H/c1-6-10-7-11(20)25-15-13(10)14(22)18(16(23)19(15)9-24-5)8-12(21)26-17(2,3)4;1-3-7-4-9(18)22-12-10(7)11(19)14(5-8(16)17)13(20)15(12)6-21-2;1-3-6-4-7(14)18-10-8(6)9(15)12-11(16)13(10)5-17-2;1-6(2,3)9-5(8)4-7;;/h7H,6,8-9H2,1-5H3;4H,3,5-6H2,1-2H3,(H,16,17);4H,3,5H2,1-2H3,(H,12,15,16);4H2,1-3H3;;/q;;;;+1;-1. The summed E-state index contributed by atoms with van der Waals surface area (Å²) in [5, 5.41) is 9.40. The van der Waals surface area contributed by atoms with Crippen LogP contribution < -0.4 is 80.2 Å². The van der Waals surface area contributed by atoms with E-state index in [0.29, 0.717) is 40.5 Å². The molecule has 0 aliphatic heterocycles. The van der Waals surface area contributed by atoms with E-state index in [0.717, 1.165) is 24.3 Å². The Kier molecular flexibility index (Phi) is 24.6. The molecule has 27 nitrogen and oxygen atoms in total. The van der Waals surface area contributed by atoms with Crippen molar-refractivity contribution in [2.24, 2.45) is 0 Å². The Morgan fingerprint density at radius 2 is 0.908 bits per heavy atom. The molecule has 412 valence electrons. The number of alkyl halides is 1. The first-order valence-electron chi connectivity index (χ1n) is 22.6. The summed E-state index contributed by atoms with van der Waals surface area (Å²) in [5.74, 6) is -2.28. The van der Waals surface area contributed by atoms with Crippen molar-refractivity contribution in [3.63, 3.8) is 0 Å². The van der Waals surface area contributed by atoms with E-state index in [-0.39, 0.29) is 101 Å². The number of ether oxygens (including phenoxy) is 5. The fraction of sp³-hybridized carbons (Fsp3) is 0.489. The number of aromatic nitrogens is 6. The number of aliphatic carboxylic acids is 1. The van der Waals surface area contributed by atoms with Crippen LogP contribution in [0.2, 0.25) is 0 Å². The molecule has 0 radical (unpaired) electrons. The minimum atomic E-state index is -1.34. The van der Waals surface area contributed by atoms with Crippen molar-refractivity contribution >= 4 is 67.1 Å². The maximum Gasteiger partial charge on any atom is 1.00 e. The van der Waals surface area contributed by atoms with E-state index in [1.54, 1.807) is 41.5 Å². The average Bonchev–Trinajstić information content (AvgIpc) is 3.31. The number of methoxy groups -OCH3 is 3. The van der Waals surface area contributed by atoms with Crippen molar-refractivity contribution in [1.82, 2.24) is 27.8 Å². The van der Waals surface area contributed by atoms with Gasteiger partial charge in [0.2, 0.25) is 17.1 Å². The van der Waals surface area contributed by atoms with Gasteiger partial charge in [-0.3, -0.25) is 33.8 Å². The Morgan fingerprint density at radius 3 is 1.24 bits per heavy atom. The van der Waals surface area contributed by atoms with Gasteiger partial charge in [-0.05, 0) is 77.5 Å². The molecule has 0 unspecified atom stereocenters. The summed E-state index contributed by atoms with van der Waals surface area (Å²) in [6, 6.07) is 3.60. The van der Waals surface area contributed by atoms with Gasteiger partial charge in [0.05, 0.1) is 0 Å². The second-order valence-electron chi connectivity index (χ2n) is 17.7. The number of hydrogen-bond acceptors (Lipinski definition) is 20. The van der Waals surface area contributed by atoms with Gasteiger partial charge in [-0.25, -0.2) is 51.6 Å². The number of aromatic amines is 1. The molecular weight excluding hydrogens is 1090 g/mol. The molecule has 76 heavy (non-hydrogen) atoms. The molecule has 0 saturated carbocycles. The topological polar surface area (TPSA) is 351 Å².